The molecule has 164 valence electrons. The van der Waals surface area contributed by atoms with E-state index >= 15 is 0 Å². The zero-order valence-corrected chi connectivity index (χ0v) is 21.1. The van der Waals surface area contributed by atoms with Gasteiger partial charge in [-0.25, -0.2) is 0 Å². The first-order valence-corrected chi connectivity index (χ1v) is 12.7. The van der Waals surface area contributed by atoms with Gasteiger partial charge in [0.1, 0.15) is 0 Å². The highest BCUT2D eigenvalue weighted by Gasteiger charge is 2.22. The van der Waals surface area contributed by atoms with Crippen molar-refractivity contribution < 1.29 is 0 Å². The summed E-state index contributed by atoms with van der Waals surface area (Å²) in [6.07, 6.45) is 4.73. The first kappa shape index (κ1) is 23.8. The molecule has 4 atom stereocenters. The molecule has 0 spiro atoms. The Kier molecular flexibility index (Phi) is 8.96. The lowest BCUT2D eigenvalue weighted by atomic mass is 9.78. The summed E-state index contributed by atoms with van der Waals surface area (Å²) in [7, 11) is 0. The van der Waals surface area contributed by atoms with Crippen molar-refractivity contribution in [2.45, 2.75) is 77.0 Å². The molecule has 31 heavy (non-hydrogen) atoms. The summed E-state index contributed by atoms with van der Waals surface area (Å²) in [6.45, 7) is 9.30. The van der Waals surface area contributed by atoms with Gasteiger partial charge < -0.3 is 0 Å². The lowest BCUT2D eigenvalue weighted by Crippen LogP contribution is -2.10. The van der Waals surface area contributed by atoms with Crippen LogP contribution in [0.25, 0.3) is 0 Å². The predicted molar refractivity (Wildman–Crippen MR) is 139 cm³/mol. The van der Waals surface area contributed by atoms with Gasteiger partial charge in [-0.05, 0) is 83.7 Å². The maximum absolute atomic E-state index is 3.61. The molecule has 4 unspecified atom stereocenters. The molecule has 3 rings (SSSR count). The van der Waals surface area contributed by atoms with Crippen molar-refractivity contribution in [1.29, 1.82) is 0 Å². The van der Waals surface area contributed by atoms with Crippen molar-refractivity contribution in [2.24, 2.45) is 0 Å². The van der Waals surface area contributed by atoms with Crippen LogP contribution in [0.1, 0.15) is 99.3 Å². The molecule has 1 heteroatoms. The van der Waals surface area contributed by atoms with Crippen molar-refractivity contribution in [1.82, 2.24) is 0 Å². The molecule has 0 aromatic heterocycles. The maximum Gasteiger partial charge on any atom is 0.0175 e. The molecule has 0 nitrogen and oxygen atoms in total. The van der Waals surface area contributed by atoms with E-state index in [1.165, 1.54) is 47.9 Å². The standard InChI is InChI=1S/C30H37Br/c1-5-22(3)25-12-14-26(15-13-25)23(4)20-29(28-16-18-30(31)19-17-28)21-24(6-2)27-10-8-7-9-11-27/h7-19,22-24,29H,5-6,20-21H2,1-4H3. The summed E-state index contributed by atoms with van der Waals surface area (Å²) in [5, 5.41) is 0. The van der Waals surface area contributed by atoms with Crippen LogP contribution in [0.4, 0.5) is 0 Å². The van der Waals surface area contributed by atoms with Gasteiger partial charge in [0.15, 0.2) is 0 Å². The zero-order valence-electron chi connectivity index (χ0n) is 19.5. The highest BCUT2D eigenvalue weighted by atomic mass is 79.9. The van der Waals surface area contributed by atoms with Crippen LogP contribution < -0.4 is 0 Å². The Morgan fingerprint density at radius 3 is 1.61 bits per heavy atom. The normalized spacial score (nSPS) is 15.3. The Bertz CT molecular complexity index is 895. The Hall–Kier alpha value is -1.86. The molecule has 0 aliphatic carbocycles. The minimum absolute atomic E-state index is 0.535. The number of rotatable bonds is 10. The van der Waals surface area contributed by atoms with E-state index in [1.54, 1.807) is 0 Å². The van der Waals surface area contributed by atoms with E-state index in [1.807, 2.05) is 0 Å². The molecular formula is C30H37Br. The van der Waals surface area contributed by atoms with E-state index in [-0.39, 0.29) is 0 Å². The van der Waals surface area contributed by atoms with Gasteiger partial charge in [-0.1, -0.05) is 110 Å². The van der Waals surface area contributed by atoms with Crippen molar-refractivity contribution in [3.63, 3.8) is 0 Å². The van der Waals surface area contributed by atoms with Crippen LogP contribution in [0, 0.1) is 0 Å². The zero-order chi connectivity index (χ0) is 22.2. The molecule has 0 aliphatic heterocycles. The van der Waals surface area contributed by atoms with Gasteiger partial charge in [0.05, 0.1) is 0 Å². The van der Waals surface area contributed by atoms with Crippen molar-refractivity contribution >= 4 is 15.9 Å². The fourth-order valence-corrected chi connectivity index (χ4v) is 4.93. The third kappa shape index (κ3) is 6.56. The summed E-state index contributed by atoms with van der Waals surface area (Å²) in [5.41, 5.74) is 5.85. The average molecular weight is 478 g/mol. The average Bonchev–Trinajstić information content (AvgIpc) is 2.82. The lowest BCUT2D eigenvalue weighted by molar-refractivity contribution is 0.467. The fourth-order valence-electron chi connectivity index (χ4n) is 4.66. The number of halogens is 1. The molecule has 0 amide bonds. The van der Waals surface area contributed by atoms with Gasteiger partial charge in [0, 0.05) is 4.47 Å². The highest BCUT2D eigenvalue weighted by Crippen LogP contribution is 2.39. The second kappa shape index (κ2) is 11.7. The number of hydrogen-bond acceptors (Lipinski definition) is 0. The third-order valence-corrected chi connectivity index (χ3v) is 7.53. The number of benzene rings is 3. The molecule has 0 saturated heterocycles. The fraction of sp³-hybridized carbons (Fsp3) is 0.400. The van der Waals surface area contributed by atoms with Gasteiger partial charge in [0.2, 0.25) is 0 Å². The molecule has 3 aromatic rings. The second-order valence-electron chi connectivity index (χ2n) is 9.11. The molecule has 0 fully saturated rings. The summed E-state index contributed by atoms with van der Waals surface area (Å²) in [4.78, 5) is 0. The molecule has 0 aliphatic rings. The Balaban J connectivity index is 1.81. The minimum atomic E-state index is 0.535. The molecule has 0 heterocycles. The third-order valence-electron chi connectivity index (χ3n) is 7.00. The van der Waals surface area contributed by atoms with Gasteiger partial charge in [-0.2, -0.15) is 0 Å². The van der Waals surface area contributed by atoms with Crippen molar-refractivity contribution in [3.8, 4) is 0 Å². The first-order chi connectivity index (χ1) is 15.0. The van der Waals surface area contributed by atoms with Crippen LogP contribution in [-0.2, 0) is 0 Å². The van der Waals surface area contributed by atoms with E-state index < -0.39 is 0 Å². The van der Waals surface area contributed by atoms with E-state index in [4.69, 9.17) is 0 Å². The highest BCUT2D eigenvalue weighted by molar-refractivity contribution is 9.10. The van der Waals surface area contributed by atoms with Crippen LogP contribution >= 0.6 is 15.9 Å². The van der Waals surface area contributed by atoms with Gasteiger partial charge in [-0.15, -0.1) is 0 Å². The number of hydrogen-bond donors (Lipinski definition) is 0. The Morgan fingerprint density at radius 1 is 0.548 bits per heavy atom. The van der Waals surface area contributed by atoms with Crippen LogP contribution in [-0.4, -0.2) is 0 Å². The molecular weight excluding hydrogens is 440 g/mol. The Labute approximate surface area is 198 Å². The second-order valence-corrected chi connectivity index (χ2v) is 10.0. The van der Waals surface area contributed by atoms with Crippen molar-refractivity contribution in [3.05, 3.63) is 106 Å². The molecule has 0 N–H and O–H groups in total. The summed E-state index contributed by atoms with van der Waals surface area (Å²) in [5.74, 6) is 2.31. The Morgan fingerprint density at radius 2 is 1.06 bits per heavy atom. The van der Waals surface area contributed by atoms with Crippen LogP contribution in [0.3, 0.4) is 0 Å². The SMILES string of the molecule is CCC(C)c1ccc(C(C)CC(CC(CC)c2ccccc2)c2ccc(Br)cc2)cc1. The quantitative estimate of drug-likeness (QED) is 0.273. The van der Waals surface area contributed by atoms with Crippen molar-refractivity contribution in [2.75, 3.05) is 0 Å². The summed E-state index contributed by atoms with van der Waals surface area (Å²) >= 11 is 3.61. The summed E-state index contributed by atoms with van der Waals surface area (Å²) < 4.78 is 1.15. The smallest absolute Gasteiger partial charge is 0.0175 e. The lowest BCUT2D eigenvalue weighted by Gasteiger charge is -2.27. The van der Waals surface area contributed by atoms with Crippen LogP contribution in [0.5, 0.6) is 0 Å². The van der Waals surface area contributed by atoms with Gasteiger partial charge >= 0.3 is 0 Å². The minimum Gasteiger partial charge on any atom is -0.0648 e. The van der Waals surface area contributed by atoms with E-state index in [9.17, 15) is 0 Å². The maximum atomic E-state index is 3.61. The van der Waals surface area contributed by atoms with E-state index in [2.05, 4.69) is 122 Å². The van der Waals surface area contributed by atoms with E-state index in [0.717, 1.165) is 4.47 Å². The van der Waals surface area contributed by atoms with Gasteiger partial charge in [0.25, 0.3) is 0 Å². The first-order valence-electron chi connectivity index (χ1n) is 11.9. The molecule has 0 saturated carbocycles. The predicted octanol–water partition coefficient (Wildman–Crippen LogP) is 9.82. The van der Waals surface area contributed by atoms with Crippen LogP contribution in [0.2, 0.25) is 0 Å². The van der Waals surface area contributed by atoms with Crippen LogP contribution in [0.15, 0.2) is 83.3 Å². The largest absolute Gasteiger partial charge is 0.0648 e. The molecule has 3 aromatic carbocycles. The topological polar surface area (TPSA) is 0 Å². The molecule has 0 radical (unpaired) electrons. The van der Waals surface area contributed by atoms with Gasteiger partial charge in [-0.3, -0.25) is 0 Å². The summed E-state index contributed by atoms with van der Waals surface area (Å²) in [6, 6.07) is 29.5. The monoisotopic (exact) mass is 476 g/mol. The van der Waals surface area contributed by atoms with E-state index in [0.29, 0.717) is 23.7 Å². The molecule has 0 bridgehead atoms.